The summed E-state index contributed by atoms with van der Waals surface area (Å²) in [7, 11) is 0. The fourth-order valence-electron chi connectivity index (χ4n) is 3.36. The van der Waals surface area contributed by atoms with Crippen LogP contribution in [0.1, 0.15) is 42.4 Å². The molecule has 1 aliphatic carbocycles. The van der Waals surface area contributed by atoms with Gasteiger partial charge in [0.05, 0.1) is 0 Å². The van der Waals surface area contributed by atoms with Crippen LogP contribution in [0.3, 0.4) is 0 Å². The summed E-state index contributed by atoms with van der Waals surface area (Å²) in [6.45, 7) is 4.46. The zero-order valence-corrected chi connectivity index (χ0v) is 10.3. The first-order chi connectivity index (χ1) is 7.75. The van der Waals surface area contributed by atoms with Gasteiger partial charge in [-0.3, -0.25) is 0 Å². The summed E-state index contributed by atoms with van der Waals surface area (Å²) >= 11 is 0. The summed E-state index contributed by atoms with van der Waals surface area (Å²) in [4.78, 5) is 0. The highest BCUT2D eigenvalue weighted by Gasteiger charge is 2.30. The summed E-state index contributed by atoms with van der Waals surface area (Å²) in [5.41, 5.74) is 5.85. The minimum absolute atomic E-state index is 0.720. The Morgan fingerprint density at radius 2 is 1.88 bits per heavy atom. The van der Waals surface area contributed by atoms with Crippen molar-refractivity contribution in [1.82, 2.24) is 0 Å². The second-order valence-electron chi connectivity index (χ2n) is 5.54. The highest BCUT2D eigenvalue weighted by atomic mass is 15.0. The number of hydrogen-bond donors (Lipinski definition) is 1. The van der Waals surface area contributed by atoms with Gasteiger partial charge in [0.2, 0.25) is 0 Å². The van der Waals surface area contributed by atoms with E-state index in [9.17, 15) is 0 Å². The molecule has 1 heteroatoms. The van der Waals surface area contributed by atoms with Crippen LogP contribution in [0.2, 0.25) is 0 Å². The average Bonchev–Trinajstić information content (AvgIpc) is 2.91. The Balaban J connectivity index is 1.85. The molecule has 86 valence electrons. The third-order valence-corrected chi connectivity index (χ3v) is 4.56. The summed E-state index contributed by atoms with van der Waals surface area (Å²) in [6, 6.07) is 5.31. The van der Waals surface area contributed by atoms with Gasteiger partial charge in [0, 0.05) is 11.7 Å². The molecule has 2 aliphatic rings. The van der Waals surface area contributed by atoms with Gasteiger partial charge in [0.15, 0.2) is 0 Å². The van der Waals surface area contributed by atoms with E-state index in [0.717, 1.165) is 12.0 Å². The van der Waals surface area contributed by atoms with Crippen molar-refractivity contribution in [2.45, 2.75) is 52.0 Å². The molecule has 1 fully saturated rings. The van der Waals surface area contributed by atoms with E-state index in [-0.39, 0.29) is 0 Å². The number of benzene rings is 1. The Kier molecular flexibility index (Phi) is 2.42. The van der Waals surface area contributed by atoms with Crippen LogP contribution in [-0.2, 0) is 6.42 Å². The molecule has 1 aromatic carbocycles. The van der Waals surface area contributed by atoms with E-state index in [0.29, 0.717) is 0 Å². The molecule has 1 aromatic rings. The van der Waals surface area contributed by atoms with Crippen molar-refractivity contribution in [2.24, 2.45) is 5.92 Å². The van der Waals surface area contributed by atoms with Crippen LogP contribution in [0.15, 0.2) is 12.1 Å². The average molecular weight is 215 g/mol. The van der Waals surface area contributed by atoms with Gasteiger partial charge < -0.3 is 5.32 Å². The van der Waals surface area contributed by atoms with Crippen molar-refractivity contribution in [3.8, 4) is 0 Å². The maximum atomic E-state index is 3.79. The zero-order chi connectivity index (χ0) is 11.1. The Bertz CT molecular complexity index is 402. The van der Waals surface area contributed by atoms with Gasteiger partial charge in [-0.05, 0) is 55.7 Å². The lowest BCUT2D eigenvalue weighted by Gasteiger charge is -2.19. The normalized spacial score (nSPS) is 24.5. The van der Waals surface area contributed by atoms with Gasteiger partial charge in [0.25, 0.3) is 0 Å². The van der Waals surface area contributed by atoms with Crippen LogP contribution < -0.4 is 5.32 Å². The highest BCUT2D eigenvalue weighted by molar-refractivity contribution is 5.64. The standard InChI is InChI=1S/C15H21N/c1-10-7-8-13-9-14(12-5-3-4-6-12)16-15(13)11(10)2/h7-8,12,14,16H,3-6,9H2,1-2H3. The van der Waals surface area contributed by atoms with Crippen LogP contribution in [0, 0.1) is 19.8 Å². The number of nitrogens with one attached hydrogen (secondary N) is 1. The fraction of sp³-hybridized carbons (Fsp3) is 0.600. The van der Waals surface area contributed by atoms with Crippen LogP contribution in [-0.4, -0.2) is 6.04 Å². The highest BCUT2D eigenvalue weighted by Crippen LogP contribution is 2.38. The smallest absolute Gasteiger partial charge is 0.0408 e. The summed E-state index contributed by atoms with van der Waals surface area (Å²) in [6.07, 6.45) is 7.00. The molecule has 1 saturated carbocycles. The maximum Gasteiger partial charge on any atom is 0.0408 e. The predicted molar refractivity (Wildman–Crippen MR) is 69.0 cm³/mol. The number of rotatable bonds is 1. The van der Waals surface area contributed by atoms with Crippen molar-refractivity contribution in [3.05, 3.63) is 28.8 Å². The van der Waals surface area contributed by atoms with Crippen molar-refractivity contribution in [1.29, 1.82) is 0 Å². The van der Waals surface area contributed by atoms with Gasteiger partial charge >= 0.3 is 0 Å². The number of anilines is 1. The molecule has 0 saturated heterocycles. The molecule has 1 heterocycles. The second-order valence-corrected chi connectivity index (χ2v) is 5.54. The first kappa shape index (κ1) is 10.2. The van der Waals surface area contributed by atoms with Crippen molar-refractivity contribution in [2.75, 3.05) is 5.32 Å². The summed E-state index contributed by atoms with van der Waals surface area (Å²) in [5, 5.41) is 3.79. The molecule has 1 N–H and O–H groups in total. The van der Waals surface area contributed by atoms with E-state index in [1.165, 1.54) is 48.9 Å². The molecule has 0 spiro atoms. The van der Waals surface area contributed by atoms with Crippen molar-refractivity contribution >= 4 is 5.69 Å². The van der Waals surface area contributed by atoms with Gasteiger partial charge in [-0.25, -0.2) is 0 Å². The Morgan fingerprint density at radius 1 is 1.12 bits per heavy atom. The topological polar surface area (TPSA) is 12.0 Å². The van der Waals surface area contributed by atoms with Crippen LogP contribution in [0.25, 0.3) is 0 Å². The maximum absolute atomic E-state index is 3.79. The van der Waals surface area contributed by atoms with Gasteiger partial charge in [0.1, 0.15) is 0 Å². The first-order valence-corrected chi connectivity index (χ1v) is 6.61. The van der Waals surface area contributed by atoms with Gasteiger partial charge in [-0.2, -0.15) is 0 Å². The molecule has 1 atom stereocenters. The molecular weight excluding hydrogens is 194 g/mol. The lowest BCUT2D eigenvalue weighted by molar-refractivity contribution is 0.466. The lowest BCUT2D eigenvalue weighted by Crippen LogP contribution is -2.24. The summed E-state index contributed by atoms with van der Waals surface area (Å²) in [5.74, 6) is 0.923. The SMILES string of the molecule is Cc1ccc2c(c1C)NC(C1CCCC1)C2. The van der Waals surface area contributed by atoms with E-state index >= 15 is 0 Å². The zero-order valence-electron chi connectivity index (χ0n) is 10.3. The van der Waals surface area contributed by atoms with Crippen LogP contribution in [0.5, 0.6) is 0 Å². The van der Waals surface area contributed by atoms with E-state index in [1.54, 1.807) is 5.56 Å². The molecule has 0 bridgehead atoms. The Labute approximate surface area is 98.3 Å². The summed E-state index contributed by atoms with van der Waals surface area (Å²) < 4.78 is 0. The number of hydrogen-bond acceptors (Lipinski definition) is 1. The lowest BCUT2D eigenvalue weighted by atomic mass is 9.95. The van der Waals surface area contributed by atoms with Crippen LogP contribution in [0.4, 0.5) is 5.69 Å². The van der Waals surface area contributed by atoms with E-state index in [4.69, 9.17) is 0 Å². The van der Waals surface area contributed by atoms with E-state index < -0.39 is 0 Å². The van der Waals surface area contributed by atoms with Gasteiger partial charge in [-0.1, -0.05) is 25.0 Å². The molecule has 1 unspecified atom stereocenters. The second kappa shape index (κ2) is 3.80. The largest absolute Gasteiger partial charge is 0.381 e. The monoisotopic (exact) mass is 215 g/mol. The van der Waals surface area contributed by atoms with Gasteiger partial charge in [-0.15, -0.1) is 0 Å². The van der Waals surface area contributed by atoms with Crippen molar-refractivity contribution < 1.29 is 0 Å². The predicted octanol–water partition coefficient (Wildman–Crippen LogP) is 3.83. The Morgan fingerprint density at radius 3 is 2.62 bits per heavy atom. The third-order valence-electron chi connectivity index (χ3n) is 4.56. The molecule has 3 rings (SSSR count). The van der Waals surface area contributed by atoms with Crippen LogP contribution >= 0.6 is 0 Å². The number of fused-ring (bicyclic) bond motifs is 1. The molecule has 0 radical (unpaired) electrons. The quantitative estimate of drug-likeness (QED) is 0.750. The van der Waals surface area contributed by atoms with E-state index in [2.05, 4.69) is 31.3 Å². The minimum atomic E-state index is 0.720. The molecule has 0 amide bonds. The molecule has 1 aliphatic heterocycles. The van der Waals surface area contributed by atoms with E-state index in [1.807, 2.05) is 0 Å². The fourth-order valence-corrected chi connectivity index (χ4v) is 3.36. The third kappa shape index (κ3) is 1.53. The van der Waals surface area contributed by atoms with Crippen molar-refractivity contribution in [3.63, 3.8) is 0 Å². The molecular formula is C15H21N. The molecule has 16 heavy (non-hydrogen) atoms. The first-order valence-electron chi connectivity index (χ1n) is 6.61. The minimum Gasteiger partial charge on any atom is -0.381 e. The molecule has 1 nitrogen and oxygen atoms in total. The Hall–Kier alpha value is -0.980. The molecule has 0 aromatic heterocycles. The number of aryl methyl sites for hydroxylation is 1.